The molecule has 1 aliphatic heterocycles. The number of benzene rings is 3. The van der Waals surface area contributed by atoms with Crippen molar-refractivity contribution in [2.24, 2.45) is 11.0 Å². The van der Waals surface area contributed by atoms with E-state index in [-0.39, 0.29) is 30.8 Å². The summed E-state index contributed by atoms with van der Waals surface area (Å²) in [6.45, 7) is 15.5. The molecule has 2 N–H and O–H groups in total. The van der Waals surface area contributed by atoms with Crippen LogP contribution in [0.4, 0.5) is 5.69 Å². The van der Waals surface area contributed by atoms with Crippen LogP contribution in [0.2, 0.25) is 5.02 Å². The van der Waals surface area contributed by atoms with Crippen molar-refractivity contribution in [1.82, 2.24) is 9.73 Å². The third kappa shape index (κ3) is 7.62. The molecule has 1 saturated heterocycles. The number of aryl methyl sites for hydroxylation is 1. The van der Waals surface area contributed by atoms with E-state index in [1.165, 1.54) is 4.31 Å². The summed E-state index contributed by atoms with van der Waals surface area (Å²) in [4.78, 5) is 26.0. The fourth-order valence-corrected chi connectivity index (χ4v) is 7.92. The van der Waals surface area contributed by atoms with Gasteiger partial charge in [0.05, 0.1) is 10.6 Å². The monoisotopic (exact) mass is 666 g/mol. The normalized spacial score (nSPS) is 15.4. The smallest absolute Gasteiger partial charge is 0.265 e. The highest BCUT2D eigenvalue weighted by Crippen LogP contribution is 2.33. The number of nitrogens with one attached hydrogen (secondary N) is 2. The lowest BCUT2D eigenvalue weighted by Gasteiger charge is -2.31. The number of ether oxygens (including phenoxy) is 1. The second-order valence-corrected chi connectivity index (χ2v) is 14.4. The predicted octanol–water partition coefficient (Wildman–Crippen LogP) is 6.54. The minimum Gasteiger partial charge on any atom is -0.481 e. The van der Waals surface area contributed by atoms with E-state index in [1.807, 2.05) is 41.5 Å². The van der Waals surface area contributed by atoms with Gasteiger partial charge in [0.2, 0.25) is 15.9 Å². The molecule has 0 aromatic heterocycles. The fourth-order valence-electron chi connectivity index (χ4n) is 5.66. The first-order valence-corrected chi connectivity index (χ1v) is 17.2. The number of nitrogens with zero attached hydrogens (tertiary/aromatic N) is 2. The van der Waals surface area contributed by atoms with Gasteiger partial charge in [0.15, 0.2) is 6.10 Å². The van der Waals surface area contributed by atoms with E-state index in [9.17, 15) is 18.0 Å². The zero-order valence-corrected chi connectivity index (χ0v) is 29.3. The highest BCUT2D eigenvalue weighted by atomic mass is 35.5. The van der Waals surface area contributed by atoms with Crippen molar-refractivity contribution < 1.29 is 22.7 Å². The first kappa shape index (κ1) is 35.1. The first-order valence-electron chi connectivity index (χ1n) is 15.4. The van der Waals surface area contributed by atoms with Crippen LogP contribution < -0.4 is 15.5 Å². The molecule has 2 amide bonds. The zero-order valence-electron chi connectivity index (χ0n) is 27.7. The Balaban J connectivity index is 1.31. The van der Waals surface area contributed by atoms with Crippen LogP contribution in [0.15, 0.2) is 52.5 Å². The molecule has 46 heavy (non-hydrogen) atoms. The van der Waals surface area contributed by atoms with Crippen molar-refractivity contribution in [1.29, 1.82) is 0 Å². The third-order valence-electron chi connectivity index (χ3n) is 9.07. The number of hydrazone groups is 1. The van der Waals surface area contributed by atoms with Gasteiger partial charge in [-0.05, 0) is 138 Å². The Morgan fingerprint density at radius 2 is 1.48 bits per heavy atom. The minimum absolute atomic E-state index is 0.237. The molecule has 9 nitrogen and oxygen atoms in total. The summed E-state index contributed by atoms with van der Waals surface area (Å²) in [6.07, 6.45) is 0.0972. The van der Waals surface area contributed by atoms with Gasteiger partial charge >= 0.3 is 0 Å². The van der Waals surface area contributed by atoms with E-state index >= 15 is 0 Å². The van der Waals surface area contributed by atoms with Crippen molar-refractivity contribution >= 4 is 44.8 Å². The number of halogens is 1. The van der Waals surface area contributed by atoms with Crippen molar-refractivity contribution in [3.8, 4) is 5.75 Å². The van der Waals surface area contributed by atoms with E-state index in [1.54, 1.807) is 56.3 Å². The quantitative estimate of drug-likeness (QED) is 0.199. The Morgan fingerprint density at radius 3 is 2.04 bits per heavy atom. The van der Waals surface area contributed by atoms with E-state index in [0.29, 0.717) is 39.9 Å². The van der Waals surface area contributed by atoms with E-state index in [0.717, 1.165) is 38.9 Å². The number of anilines is 1. The summed E-state index contributed by atoms with van der Waals surface area (Å²) in [7, 11) is -3.69. The number of carbonyl (C=O) groups excluding carboxylic acids is 2. The Hall–Kier alpha value is -3.73. The average Bonchev–Trinajstić information content (AvgIpc) is 3.03. The summed E-state index contributed by atoms with van der Waals surface area (Å²) < 4.78 is 34.7. The maximum absolute atomic E-state index is 13.7. The highest BCUT2D eigenvalue weighted by Gasteiger charge is 2.34. The molecule has 11 heteroatoms. The summed E-state index contributed by atoms with van der Waals surface area (Å²) in [5.41, 5.74) is 10.1. The maximum Gasteiger partial charge on any atom is 0.265 e. The predicted molar refractivity (Wildman–Crippen MR) is 183 cm³/mol. The lowest BCUT2D eigenvalue weighted by molar-refractivity contribution is -0.126. The largest absolute Gasteiger partial charge is 0.481 e. The molecule has 1 aliphatic rings. The van der Waals surface area contributed by atoms with E-state index < -0.39 is 16.1 Å². The number of rotatable bonds is 9. The molecule has 3 aromatic carbocycles. The molecule has 3 aromatic rings. The van der Waals surface area contributed by atoms with Gasteiger partial charge in [-0.3, -0.25) is 9.59 Å². The summed E-state index contributed by atoms with van der Waals surface area (Å²) in [6, 6.07) is 12.3. The molecule has 0 saturated carbocycles. The van der Waals surface area contributed by atoms with Crippen molar-refractivity contribution in [3.63, 3.8) is 0 Å². The molecule has 0 bridgehead atoms. The molecule has 4 rings (SSSR count). The standard InChI is InChI=1S/C35H43ClN4O5S/c1-20-19-30(36)11-14-32(20)45-27(8)34(41)37-31-12-9-28(10-13-31)26(7)38-39-35(42)29-15-17-40(18-16-29)46(43,44)33-24(5)22(3)21(2)23(4)25(33)6/h9-14,19,27,29H,15-18H2,1-8H3,(H,37,41)(H,39,42). The molecule has 1 heterocycles. The second-order valence-electron chi connectivity index (χ2n) is 12.0. The second kappa shape index (κ2) is 14.4. The topological polar surface area (TPSA) is 117 Å². The van der Waals surface area contributed by atoms with Gasteiger partial charge in [-0.15, -0.1) is 0 Å². The number of carbonyl (C=O) groups is 2. The van der Waals surface area contributed by atoms with Crippen molar-refractivity contribution in [2.75, 3.05) is 18.4 Å². The fraction of sp³-hybridized carbons (Fsp3) is 0.400. The van der Waals surface area contributed by atoms with Gasteiger partial charge in [0.1, 0.15) is 5.75 Å². The van der Waals surface area contributed by atoms with Crippen LogP contribution in [0.3, 0.4) is 0 Å². The first-order chi connectivity index (χ1) is 21.6. The Kier molecular flexibility index (Phi) is 11.0. The lowest BCUT2D eigenvalue weighted by Crippen LogP contribution is -2.42. The molecule has 0 spiro atoms. The minimum atomic E-state index is -3.69. The van der Waals surface area contributed by atoms with Crippen LogP contribution in [0, 0.1) is 47.5 Å². The van der Waals surface area contributed by atoms with Gasteiger partial charge in [0.25, 0.3) is 5.91 Å². The highest BCUT2D eigenvalue weighted by molar-refractivity contribution is 7.89. The van der Waals surface area contributed by atoms with Gasteiger partial charge in [-0.25, -0.2) is 13.8 Å². The van der Waals surface area contributed by atoms with Crippen molar-refractivity contribution in [2.45, 2.75) is 79.2 Å². The molecule has 1 unspecified atom stereocenters. The van der Waals surface area contributed by atoms with Crippen LogP contribution in [0.1, 0.15) is 65.6 Å². The lowest BCUT2D eigenvalue weighted by atomic mass is 9.95. The Morgan fingerprint density at radius 1 is 0.913 bits per heavy atom. The number of piperidine rings is 1. The SMILES string of the molecule is CC(=NNC(=O)C1CCN(S(=O)(=O)c2c(C)c(C)c(C)c(C)c2C)CC1)c1ccc(NC(=O)C(C)Oc2ccc(Cl)cc2C)cc1. The molecule has 246 valence electrons. The molecular formula is C35H43ClN4O5S. The summed E-state index contributed by atoms with van der Waals surface area (Å²) >= 11 is 6.00. The van der Waals surface area contributed by atoms with E-state index in [2.05, 4.69) is 15.8 Å². The van der Waals surface area contributed by atoms with Crippen molar-refractivity contribution in [3.05, 3.63) is 86.4 Å². The Bertz CT molecular complexity index is 1750. The Labute approximate surface area is 277 Å². The van der Waals surface area contributed by atoms with Crippen LogP contribution in [0.25, 0.3) is 0 Å². The van der Waals surface area contributed by atoms with Gasteiger partial charge < -0.3 is 10.1 Å². The third-order valence-corrected chi connectivity index (χ3v) is 11.5. The number of amides is 2. The summed E-state index contributed by atoms with van der Waals surface area (Å²) in [5, 5.41) is 7.73. The molecule has 1 atom stereocenters. The molecule has 0 aliphatic carbocycles. The molecule has 1 fully saturated rings. The zero-order chi connectivity index (χ0) is 33.9. The summed E-state index contributed by atoms with van der Waals surface area (Å²) in [5.74, 6) is -0.290. The number of sulfonamides is 1. The van der Waals surface area contributed by atoms with Gasteiger partial charge in [-0.2, -0.15) is 9.41 Å². The molecular weight excluding hydrogens is 624 g/mol. The van der Waals surface area contributed by atoms with Crippen LogP contribution in [0.5, 0.6) is 5.75 Å². The number of hydrogen-bond donors (Lipinski definition) is 2. The molecule has 0 radical (unpaired) electrons. The van der Waals surface area contributed by atoms with Gasteiger partial charge in [-0.1, -0.05) is 23.7 Å². The van der Waals surface area contributed by atoms with Gasteiger partial charge in [0, 0.05) is 29.7 Å². The number of hydrogen-bond acceptors (Lipinski definition) is 6. The van der Waals surface area contributed by atoms with Crippen LogP contribution >= 0.6 is 11.6 Å². The van der Waals surface area contributed by atoms with E-state index in [4.69, 9.17) is 16.3 Å². The average molecular weight is 667 g/mol. The van der Waals surface area contributed by atoms with Crippen LogP contribution in [-0.2, 0) is 19.6 Å². The van der Waals surface area contributed by atoms with Crippen LogP contribution in [-0.4, -0.2) is 49.4 Å². The maximum atomic E-state index is 13.7.